The maximum absolute atomic E-state index is 4.38. The van der Waals surface area contributed by atoms with E-state index in [0.29, 0.717) is 5.41 Å². The highest BCUT2D eigenvalue weighted by Crippen LogP contribution is 2.47. The maximum atomic E-state index is 4.38. The van der Waals surface area contributed by atoms with Gasteiger partial charge in [0.15, 0.2) is 0 Å². The fourth-order valence-corrected chi connectivity index (χ4v) is 3.03. The topological polar surface area (TPSA) is 24.9 Å². The number of aromatic nitrogens is 1. The standard InChI is InChI=1S/C11H18N2S/c1-11(8-12-2,9-3-4-9)7-10-13-5-6-14-10/h5-6,9,12H,3-4,7-8H2,1-2H3. The molecule has 1 unspecified atom stereocenters. The van der Waals surface area contributed by atoms with Crippen molar-refractivity contribution >= 4 is 11.3 Å². The highest BCUT2D eigenvalue weighted by molar-refractivity contribution is 7.09. The molecule has 0 amide bonds. The highest BCUT2D eigenvalue weighted by Gasteiger charge is 2.41. The maximum Gasteiger partial charge on any atom is 0.0930 e. The van der Waals surface area contributed by atoms with E-state index < -0.39 is 0 Å². The Morgan fingerprint density at radius 2 is 2.43 bits per heavy atom. The summed E-state index contributed by atoms with van der Waals surface area (Å²) in [5.41, 5.74) is 0.423. The minimum absolute atomic E-state index is 0.423. The minimum atomic E-state index is 0.423. The van der Waals surface area contributed by atoms with Crippen LogP contribution >= 0.6 is 11.3 Å². The van der Waals surface area contributed by atoms with E-state index in [4.69, 9.17) is 0 Å². The molecule has 1 aromatic heterocycles. The fraction of sp³-hybridized carbons (Fsp3) is 0.727. The first-order valence-electron chi connectivity index (χ1n) is 5.27. The van der Waals surface area contributed by atoms with Crippen LogP contribution in [0.15, 0.2) is 11.6 Å². The quantitative estimate of drug-likeness (QED) is 0.807. The summed E-state index contributed by atoms with van der Waals surface area (Å²) in [5, 5.41) is 6.68. The molecule has 14 heavy (non-hydrogen) atoms. The van der Waals surface area contributed by atoms with Crippen molar-refractivity contribution in [3.8, 4) is 0 Å². The fourth-order valence-electron chi connectivity index (χ4n) is 2.22. The van der Waals surface area contributed by atoms with Gasteiger partial charge in [-0.05, 0) is 31.2 Å². The zero-order chi connectivity index (χ0) is 10.0. The summed E-state index contributed by atoms with van der Waals surface area (Å²) in [7, 11) is 2.04. The lowest BCUT2D eigenvalue weighted by Crippen LogP contribution is -2.33. The normalized spacial score (nSPS) is 20.7. The van der Waals surface area contributed by atoms with Crippen molar-refractivity contribution in [2.24, 2.45) is 11.3 Å². The molecule has 0 spiro atoms. The number of hydrogen-bond acceptors (Lipinski definition) is 3. The van der Waals surface area contributed by atoms with Gasteiger partial charge in [-0.25, -0.2) is 4.98 Å². The largest absolute Gasteiger partial charge is 0.319 e. The molecule has 0 bridgehead atoms. The Kier molecular flexibility index (Phi) is 2.88. The molecule has 3 heteroatoms. The summed E-state index contributed by atoms with van der Waals surface area (Å²) in [6.07, 6.45) is 5.86. The molecule has 1 aliphatic carbocycles. The Labute approximate surface area is 89.8 Å². The first kappa shape index (κ1) is 10.1. The predicted octanol–water partition coefficient (Wildman–Crippen LogP) is 2.32. The van der Waals surface area contributed by atoms with E-state index in [-0.39, 0.29) is 0 Å². The number of hydrogen-bond donors (Lipinski definition) is 1. The summed E-state index contributed by atoms with van der Waals surface area (Å²) in [6.45, 7) is 3.50. The Balaban J connectivity index is 2.03. The second kappa shape index (κ2) is 3.99. The molecule has 1 atom stereocenters. The molecule has 78 valence electrons. The molecule has 0 aromatic carbocycles. The lowest BCUT2D eigenvalue weighted by atomic mass is 9.81. The van der Waals surface area contributed by atoms with Crippen molar-refractivity contribution in [3.05, 3.63) is 16.6 Å². The molecule has 1 aliphatic rings. The molecule has 2 rings (SSSR count). The zero-order valence-corrected chi connectivity index (χ0v) is 9.73. The van der Waals surface area contributed by atoms with Gasteiger partial charge in [0, 0.05) is 24.5 Å². The summed E-state index contributed by atoms with van der Waals surface area (Å²) >= 11 is 1.78. The summed E-state index contributed by atoms with van der Waals surface area (Å²) in [5.74, 6) is 0.916. The lowest BCUT2D eigenvalue weighted by molar-refractivity contribution is 0.262. The van der Waals surface area contributed by atoms with E-state index in [1.54, 1.807) is 11.3 Å². The smallest absolute Gasteiger partial charge is 0.0930 e. The molecular weight excluding hydrogens is 192 g/mol. The molecule has 0 saturated heterocycles. The molecule has 0 aliphatic heterocycles. The van der Waals surface area contributed by atoms with E-state index in [1.165, 1.54) is 17.8 Å². The highest BCUT2D eigenvalue weighted by atomic mass is 32.1. The SMILES string of the molecule is CNCC(C)(Cc1nccs1)C1CC1. The molecule has 1 heterocycles. The molecule has 2 nitrogen and oxygen atoms in total. The van der Waals surface area contributed by atoms with Crippen LogP contribution in [0.3, 0.4) is 0 Å². The molecule has 1 N–H and O–H groups in total. The van der Waals surface area contributed by atoms with Gasteiger partial charge in [0.2, 0.25) is 0 Å². The Morgan fingerprint density at radius 1 is 1.64 bits per heavy atom. The van der Waals surface area contributed by atoms with Crippen LogP contribution in [-0.4, -0.2) is 18.6 Å². The molecule has 1 aromatic rings. The van der Waals surface area contributed by atoms with Gasteiger partial charge in [-0.2, -0.15) is 0 Å². The van der Waals surface area contributed by atoms with Crippen molar-refractivity contribution in [1.82, 2.24) is 10.3 Å². The molecule has 1 saturated carbocycles. The summed E-state index contributed by atoms with van der Waals surface area (Å²) < 4.78 is 0. The van der Waals surface area contributed by atoms with Crippen LogP contribution in [0.4, 0.5) is 0 Å². The van der Waals surface area contributed by atoms with Crippen LogP contribution in [0.25, 0.3) is 0 Å². The van der Waals surface area contributed by atoms with Crippen LogP contribution in [0, 0.1) is 11.3 Å². The van der Waals surface area contributed by atoms with Gasteiger partial charge < -0.3 is 5.32 Å². The first-order chi connectivity index (χ1) is 6.74. The van der Waals surface area contributed by atoms with Crippen LogP contribution in [0.5, 0.6) is 0 Å². The second-order valence-corrected chi connectivity index (χ2v) is 5.54. The molecule has 1 fully saturated rings. The van der Waals surface area contributed by atoms with E-state index in [1.807, 2.05) is 13.2 Å². The van der Waals surface area contributed by atoms with Crippen LogP contribution < -0.4 is 5.32 Å². The molecule has 0 radical (unpaired) electrons. The Hall–Kier alpha value is -0.410. The van der Waals surface area contributed by atoms with Crippen molar-refractivity contribution in [1.29, 1.82) is 0 Å². The lowest BCUT2D eigenvalue weighted by Gasteiger charge is -2.28. The van der Waals surface area contributed by atoms with Crippen molar-refractivity contribution < 1.29 is 0 Å². The second-order valence-electron chi connectivity index (χ2n) is 4.56. The number of thiazole rings is 1. The van der Waals surface area contributed by atoms with Gasteiger partial charge in [-0.1, -0.05) is 6.92 Å². The number of nitrogens with zero attached hydrogens (tertiary/aromatic N) is 1. The van der Waals surface area contributed by atoms with E-state index in [0.717, 1.165) is 18.9 Å². The van der Waals surface area contributed by atoms with Crippen molar-refractivity contribution in [3.63, 3.8) is 0 Å². The van der Waals surface area contributed by atoms with Gasteiger partial charge in [-0.15, -0.1) is 11.3 Å². The van der Waals surface area contributed by atoms with Gasteiger partial charge in [0.1, 0.15) is 0 Å². The van der Waals surface area contributed by atoms with Gasteiger partial charge in [0.05, 0.1) is 5.01 Å². The number of nitrogens with one attached hydrogen (secondary N) is 1. The van der Waals surface area contributed by atoms with E-state index in [9.17, 15) is 0 Å². The van der Waals surface area contributed by atoms with Crippen molar-refractivity contribution in [2.45, 2.75) is 26.2 Å². The van der Waals surface area contributed by atoms with Crippen molar-refractivity contribution in [2.75, 3.05) is 13.6 Å². The Bertz CT molecular complexity index is 279. The minimum Gasteiger partial charge on any atom is -0.319 e. The van der Waals surface area contributed by atoms with Gasteiger partial charge in [-0.3, -0.25) is 0 Å². The third-order valence-corrected chi connectivity index (χ3v) is 3.96. The average Bonchev–Trinajstić information content (AvgIpc) is 2.89. The van der Waals surface area contributed by atoms with Crippen LogP contribution in [-0.2, 0) is 6.42 Å². The summed E-state index contributed by atoms with van der Waals surface area (Å²) in [6, 6.07) is 0. The number of rotatable bonds is 5. The van der Waals surface area contributed by atoms with Gasteiger partial charge >= 0.3 is 0 Å². The van der Waals surface area contributed by atoms with Crippen LogP contribution in [0.2, 0.25) is 0 Å². The predicted molar refractivity (Wildman–Crippen MR) is 60.6 cm³/mol. The summed E-state index contributed by atoms with van der Waals surface area (Å²) in [4.78, 5) is 4.38. The van der Waals surface area contributed by atoms with E-state index >= 15 is 0 Å². The Morgan fingerprint density at radius 3 is 2.93 bits per heavy atom. The van der Waals surface area contributed by atoms with Crippen LogP contribution in [0.1, 0.15) is 24.8 Å². The first-order valence-corrected chi connectivity index (χ1v) is 6.15. The van der Waals surface area contributed by atoms with E-state index in [2.05, 4.69) is 22.6 Å². The third kappa shape index (κ3) is 2.15. The monoisotopic (exact) mass is 210 g/mol. The molecular formula is C11H18N2S. The third-order valence-electron chi connectivity index (χ3n) is 3.18. The zero-order valence-electron chi connectivity index (χ0n) is 8.92. The van der Waals surface area contributed by atoms with Gasteiger partial charge in [0.25, 0.3) is 0 Å². The average molecular weight is 210 g/mol.